The van der Waals surface area contributed by atoms with E-state index in [1.54, 1.807) is 14.0 Å². The highest BCUT2D eigenvalue weighted by Gasteiger charge is 2.37. The highest BCUT2D eigenvalue weighted by atomic mass is 16.7. The predicted octanol–water partition coefficient (Wildman–Crippen LogP) is 0.631. The third-order valence-electron chi connectivity index (χ3n) is 2.37. The Kier molecular flexibility index (Phi) is 3.35. The molecule has 7 heteroatoms. The summed E-state index contributed by atoms with van der Waals surface area (Å²) in [7, 11) is 2.72. The number of hydroxylamine groups is 2. The Bertz CT molecular complexity index is 270. The van der Waals surface area contributed by atoms with Gasteiger partial charge in [0.1, 0.15) is 0 Å². The molecule has 1 rings (SSSR count). The van der Waals surface area contributed by atoms with Crippen molar-refractivity contribution in [2.75, 3.05) is 14.2 Å². The number of carbonyl (C=O) groups excluding carboxylic acids is 2. The Balaban J connectivity index is 2.66. The van der Waals surface area contributed by atoms with E-state index >= 15 is 0 Å². The Morgan fingerprint density at radius 2 is 2.20 bits per heavy atom. The van der Waals surface area contributed by atoms with Crippen LogP contribution >= 0.6 is 0 Å². The zero-order chi connectivity index (χ0) is 11.6. The molecule has 1 aliphatic heterocycles. The molecule has 2 amide bonds. The number of methoxy groups -OCH3 is 1. The monoisotopic (exact) mass is 218 g/mol. The minimum absolute atomic E-state index is 0.115. The molecule has 1 aliphatic rings. The van der Waals surface area contributed by atoms with Crippen molar-refractivity contribution in [3.05, 3.63) is 0 Å². The number of hydrogen-bond acceptors (Lipinski definition) is 5. The summed E-state index contributed by atoms with van der Waals surface area (Å²) in [5.74, 6) is 0. The fourth-order valence-electron chi connectivity index (χ4n) is 1.28. The first-order chi connectivity index (χ1) is 6.97. The smallest absolute Gasteiger partial charge is 0.438 e. The fraction of sp³-hybridized carbons (Fsp3) is 0.750. The summed E-state index contributed by atoms with van der Waals surface area (Å²) in [6.45, 7) is 1.79. The second kappa shape index (κ2) is 4.35. The van der Waals surface area contributed by atoms with Crippen LogP contribution in [0, 0.1) is 0 Å². The van der Waals surface area contributed by atoms with Crippen molar-refractivity contribution in [3.8, 4) is 0 Å². The van der Waals surface area contributed by atoms with E-state index in [9.17, 15) is 14.8 Å². The average molecular weight is 218 g/mol. The van der Waals surface area contributed by atoms with Crippen LogP contribution in [0.2, 0.25) is 0 Å². The third-order valence-corrected chi connectivity index (χ3v) is 2.37. The van der Waals surface area contributed by atoms with Gasteiger partial charge in [-0.3, -0.25) is 5.21 Å². The molecule has 15 heavy (non-hydrogen) atoms. The lowest BCUT2D eigenvalue weighted by molar-refractivity contribution is -0.189. The quantitative estimate of drug-likeness (QED) is 0.515. The molecule has 0 spiro atoms. The maximum absolute atomic E-state index is 11.4. The molecule has 86 valence electrons. The number of urea groups is 1. The summed E-state index contributed by atoms with van der Waals surface area (Å²) >= 11 is 0. The van der Waals surface area contributed by atoms with Gasteiger partial charge in [0.05, 0.1) is 7.11 Å². The van der Waals surface area contributed by atoms with Crippen LogP contribution < -0.4 is 0 Å². The number of amides is 2. The topological polar surface area (TPSA) is 79.3 Å². The Labute approximate surface area is 87.1 Å². The summed E-state index contributed by atoms with van der Waals surface area (Å²) in [6, 6.07) is -0.724. The highest BCUT2D eigenvalue weighted by Crippen LogP contribution is 2.19. The molecule has 7 nitrogen and oxygen atoms in total. The minimum Gasteiger partial charge on any atom is -0.438 e. The van der Waals surface area contributed by atoms with Gasteiger partial charge in [-0.15, -0.1) is 0 Å². The highest BCUT2D eigenvalue weighted by molar-refractivity contribution is 5.74. The van der Waals surface area contributed by atoms with Gasteiger partial charge < -0.3 is 14.4 Å². The first kappa shape index (κ1) is 11.6. The van der Waals surface area contributed by atoms with Crippen LogP contribution in [-0.2, 0) is 9.47 Å². The summed E-state index contributed by atoms with van der Waals surface area (Å²) in [6.07, 6.45) is -1.59. The molecule has 1 N–H and O–H groups in total. The first-order valence-electron chi connectivity index (χ1n) is 4.47. The SMILES string of the molecule is COC(=O)OC1CC(C)N(C)C(=O)N1O. The lowest BCUT2D eigenvalue weighted by atomic mass is 10.1. The minimum atomic E-state index is -0.990. The lowest BCUT2D eigenvalue weighted by Gasteiger charge is -2.38. The number of rotatable bonds is 1. The molecule has 0 aromatic heterocycles. The van der Waals surface area contributed by atoms with E-state index in [0.717, 1.165) is 7.11 Å². The van der Waals surface area contributed by atoms with Crippen LogP contribution in [0.4, 0.5) is 9.59 Å². The Morgan fingerprint density at radius 3 is 2.73 bits per heavy atom. The molecule has 1 saturated heterocycles. The third kappa shape index (κ3) is 2.30. The molecule has 2 atom stereocenters. The zero-order valence-electron chi connectivity index (χ0n) is 8.84. The molecular formula is C8H14N2O5. The van der Waals surface area contributed by atoms with Gasteiger partial charge in [-0.05, 0) is 6.92 Å². The second-order valence-corrected chi connectivity index (χ2v) is 3.35. The van der Waals surface area contributed by atoms with Gasteiger partial charge >= 0.3 is 12.2 Å². The summed E-state index contributed by atoms with van der Waals surface area (Å²) in [5, 5.41) is 9.77. The van der Waals surface area contributed by atoms with Gasteiger partial charge in [-0.1, -0.05) is 0 Å². The molecule has 2 unspecified atom stereocenters. The van der Waals surface area contributed by atoms with E-state index < -0.39 is 18.4 Å². The molecule has 0 saturated carbocycles. The molecular weight excluding hydrogens is 204 g/mol. The van der Waals surface area contributed by atoms with Gasteiger partial charge in [0.15, 0.2) is 0 Å². The summed E-state index contributed by atoms with van der Waals surface area (Å²) < 4.78 is 8.98. The average Bonchev–Trinajstić information content (AvgIpc) is 2.22. The van der Waals surface area contributed by atoms with Crippen LogP contribution in [0.5, 0.6) is 0 Å². The van der Waals surface area contributed by atoms with Crippen molar-refractivity contribution >= 4 is 12.2 Å². The van der Waals surface area contributed by atoms with Crippen molar-refractivity contribution in [2.45, 2.75) is 25.6 Å². The van der Waals surface area contributed by atoms with Crippen LogP contribution in [0.1, 0.15) is 13.3 Å². The van der Waals surface area contributed by atoms with E-state index in [-0.39, 0.29) is 6.04 Å². The van der Waals surface area contributed by atoms with Crippen molar-refractivity contribution in [3.63, 3.8) is 0 Å². The molecule has 1 heterocycles. The van der Waals surface area contributed by atoms with Crippen LogP contribution in [0.15, 0.2) is 0 Å². The molecule has 1 fully saturated rings. The zero-order valence-corrected chi connectivity index (χ0v) is 8.84. The standard InChI is InChI=1S/C8H14N2O5/c1-5-4-6(15-8(12)14-3)10(13)7(11)9(5)2/h5-6,13H,4H2,1-3H3. The van der Waals surface area contributed by atoms with Crippen LogP contribution in [0.3, 0.4) is 0 Å². The summed E-state index contributed by atoms with van der Waals surface area (Å²) in [5.41, 5.74) is 0. The van der Waals surface area contributed by atoms with E-state index in [2.05, 4.69) is 4.74 Å². The number of nitrogens with zero attached hydrogens (tertiary/aromatic N) is 2. The largest absolute Gasteiger partial charge is 0.510 e. The molecule has 0 radical (unpaired) electrons. The fourth-order valence-corrected chi connectivity index (χ4v) is 1.28. The van der Waals surface area contributed by atoms with E-state index in [1.165, 1.54) is 4.90 Å². The first-order valence-corrected chi connectivity index (χ1v) is 4.47. The molecule has 0 bridgehead atoms. The summed E-state index contributed by atoms with van der Waals surface area (Å²) in [4.78, 5) is 23.6. The number of ether oxygens (including phenoxy) is 2. The maximum Gasteiger partial charge on any atom is 0.510 e. The van der Waals surface area contributed by atoms with Gasteiger partial charge in [0.25, 0.3) is 0 Å². The molecule has 0 aromatic rings. The second-order valence-electron chi connectivity index (χ2n) is 3.35. The maximum atomic E-state index is 11.4. The van der Waals surface area contributed by atoms with Crippen LogP contribution in [0.25, 0.3) is 0 Å². The van der Waals surface area contributed by atoms with E-state index in [1.807, 2.05) is 0 Å². The Hall–Kier alpha value is -1.50. The van der Waals surface area contributed by atoms with Gasteiger partial charge in [0.2, 0.25) is 6.23 Å². The van der Waals surface area contributed by atoms with Crippen LogP contribution in [-0.4, -0.2) is 53.8 Å². The lowest BCUT2D eigenvalue weighted by Crippen LogP contribution is -2.56. The van der Waals surface area contributed by atoms with Crippen molar-refractivity contribution in [1.29, 1.82) is 0 Å². The molecule has 0 aliphatic carbocycles. The van der Waals surface area contributed by atoms with Gasteiger partial charge in [-0.2, -0.15) is 5.06 Å². The van der Waals surface area contributed by atoms with Crippen molar-refractivity contribution < 1.29 is 24.3 Å². The predicted molar refractivity (Wildman–Crippen MR) is 48.1 cm³/mol. The van der Waals surface area contributed by atoms with E-state index in [4.69, 9.17) is 4.74 Å². The number of carbonyl (C=O) groups is 2. The van der Waals surface area contributed by atoms with Crippen molar-refractivity contribution in [2.24, 2.45) is 0 Å². The van der Waals surface area contributed by atoms with Crippen molar-refractivity contribution in [1.82, 2.24) is 9.96 Å². The van der Waals surface area contributed by atoms with Gasteiger partial charge in [0, 0.05) is 19.5 Å². The Morgan fingerprint density at radius 1 is 1.60 bits per heavy atom. The van der Waals surface area contributed by atoms with Gasteiger partial charge in [-0.25, -0.2) is 9.59 Å². The normalized spacial score (nSPS) is 26.5. The number of hydrogen-bond donors (Lipinski definition) is 1. The van der Waals surface area contributed by atoms with E-state index in [0.29, 0.717) is 11.5 Å². The molecule has 0 aromatic carbocycles.